The number of carbonyl (C=O) groups excluding carboxylic acids is 3. The van der Waals surface area contributed by atoms with Crippen molar-refractivity contribution in [2.75, 3.05) is 11.9 Å². The second-order valence-corrected chi connectivity index (χ2v) is 7.18. The fraction of sp³-hybridized carbons (Fsp3) is 0.250. The van der Waals surface area contributed by atoms with Crippen LogP contribution in [0.4, 0.5) is 10.5 Å². The van der Waals surface area contributed by atoms with Crippen LogP contribution >= 0.6 is 11.6 Å². The number of urea groups is 1. The molecule has 0 saturated carbocycles. The molecule has 0 bridgehead atoms. The Balaban J connectivity index is 1.76. The lowest BCUT2D eigenvalue weighted by molar-refractivity contribution is -0.133. The average Bonchev–Trinajstić information content (AvgIpc) is 2.82. The third-order valence-electron chi connectivity index (χ3n) is 4.72. The van der Waals surface area contributed by atoms with E-state index in [2.05, 4.69) is 10.6 Å². The summed E-state index contributed by atoms with van der Waals surface area (Å²) in [5.74, 6) is -0.939. The summed E-state index contributed by atoms with van der Waals surface area (Å²) in [5.41, 5.74) is 1.78. The molecule has 0 aromatic heterocycles. The molecule has 0 spiro atoms. The first-order valence-corrected chi connectivity index (χ1v) is 8.86. The predicted molar refractivity (Wildman–Crippen MR) is 104 cm³/mol. The number of halogens is 1. The van der Waals surface area contributed by atoms with Crippen molar-refractivity contribution in [3.63, 3.8) is 0 Å². The van der Waals surface area contributed by atoms with Crippen molar-refractivity contribution < 1.29 is 14.4 Å². The topological polar surface area (TPSA) is 78.5 Å². The van der Waals surface area contributed by atoms with Gasteiger partial charge in [-0.1, -0.05) is 41.9 Å². The quantitative estimate of drug-likeness (QED) is 0.792. The zero-order valence-electron chi connectivity index (χ0n) is 15.3. The van der Waals surface area contributed by atoms with Gasteiger partial charge in [0.2, 0.25) is 5.91 Å². The van der Waals surface area contributed by atoms with Crippen LogP contribution in [0.3, 0.4) is 0 Å². The van der Waals surface area contributed by atoms with Crippen LogP contribution in [0.5, 0.6) is 0 Å². The van der Waals surface area contributed by atoms with E-state index in [1.807, 2.05) is 32.0 Å². The molecule has 1 atom stereocenters. The van der Waals surface area contributed by atoms with Gasteiger partial charge in [-0.05, 0) is 49.6 Å². The summed E-state index contributed by atoms with van der Waals surface area (Å²) in [6.07, 6.45) is 0. The van der Waals surface area contributed by atoms with Gasteiger partial charge in [0.1, 0.15) is 12.1 Å². The number of aryl methyl sites for hydroxylation is 2. The van der Waals surface area contributed by atoms with Crippen molar-refractivity contribution in [2.24, 2.45) is 0 Å². The molecule has 0 aliphatic carbocycles. The first-order chi connectivity index (χ1) is 12.7. The van der Waals surface area contributed by atoms with Gasteiger partial charge >= 0.3 is 6.03 Å². The van der Waals surface area contributed by atoms with Gasteiger partial charge in [-0.25, -0.2) is 4.79 Å². The maximum Gasteiger partial charge on any atom is 0.325 e. The SMILES string of the molecule is Cc1ccc(NC(=O)CN2C(=O)NC(C)(c3ccccc3C)C2=O)cc1Cl. The number of nitrogens with one attached hydrogen (secondary N) is 2. The molecule has 2 aromatic carbocycles. The van der Waals surface area contributed by atoms with E-state index in [0.717, 1.165) is 16.0 Å². The Kier molecular flexibility index (Phi) is 4.93. The number of imide groups is 1. The number of benzene rings is 2. The van der Waals surface area contributed by atoms with Crippen LogP contribution in [0.2, 0.25) is 5.02 Å². The van der Waals surface area contributed by atoms with E-state index in [-0.39, 0.29) is 6.54 Å². The standard InChI is InChI=1S/C20H20ClN3O3/c1-12-6-4-5-7-15(12)20(3)18(26)24(19(27)23-20)11-17(25)22-14-9-8-13(2)16(21)10-14/h4-10H,11H2,1-3H3,(H,22,25)(H,23,27). The van der Waals surface area contributed by atoms with Crippen LogP contribution in [0.1, 0.15) is 23.6 Å². The number of nitrogens with zero attached hydrogens (tertiary/aromatic N) is 1. The minimum Gasteiger partial charge on any atom is -0.324 e. The fourth-order valence-electron chi connectivity index (χ4n) is 3.17. The maximum atomic E-state index is 12.9. The van der Waals surface area contributed by atoms with Gasteiger partial charge in [0, 0.05) is 10.7 Å². The molecular formula is C20H20ClN3O3. The number of amides is 4. The Morgan fingerprint density at radius 2 is 1.85 bits per heavy atom. The predicted octanol–water partition coefficient (Wildman–Crippen LogP) is 3.36. The van der Waals surface area contributed by atoms with Crippen molar-refractivity contribution >= 4 is 35.1 Å². The van der Waals surface area contributed by atoms with Gasteiger partial charge < -0.3 is 10.6 Å². The van der Waals surface area contributed by atoms with Gasteiger partial charge in [0.25, 0.3) is 5.91 Å². The van der Waals surface area contributed by atoms with E-state index in [9.17, 15) is 14.4 Å². The second kappa shape index (κ2) is 7.04. The molecule has 2 aromatic rings. The molecule has 140 valence electrons. The maximum absolute atomic E-state index is 12.9. The molecular weight excluding hydrogens is 366 g/mol. The normalized spacial score (nSPS) is 19.2. The highest BCUT2D eigenvalue weighted by atomic mass is 35.5. The zero-order valence-corrected chi connectivity index (χ0v) is 16.1. The number of hydrogen-bond donors (Lipinski definition) is 2. The lowest BCUT2D eigenvalue weighted by Crippen LogP contribution is -2.42. The monoisotopic (exact) mass is 385 g/mol. The van der Waals surface area contributed by atoms with Crippen molar-refractivity contribution in [1.29, 1.82) is 0 Å². The molecule has 2 N–H and O–H groups in total. The third-order valence-corrected chi connectivity index (χ3v) is 5.12. The molecule has 1 heterocycles. The van der Waals surface area contributed by atoms with Crippen molar-refractivity contribution in [3.8, 4) is 0 Å². The molecule has 0 radical (unpaired) electrons. The van der Waals surface area contributed by atoms with Crippen LogP contribution in [0.25, 0.3) is 0 Å². The highest BCUT2D eigenvalue weighted by Gasteiger charge is 2.49. The average molecular weight is 386 g/mol. The largest absolute Gasteiger partial charge is 0.325 e. The van der Waals surface area contributed by atoms with Gasteiger partial charge in [0.15, 0.2) is 0 Å². The van der Waals surface area contributed by atoms with E-state index >= 15 is 0 Å². The molecule has 1 saturated heterocycles. The summed E-state index contributed by atoms with van der Waals surface area (Å²) >= 11 is 6.05. The van der Waals surface area contributed by atoms with Crippen LogP contribution < -0.4 is 10.6 Å². The van der Waals surface area contributed by atoms with E-state index < -0.39 is 23.4 Å². The number of rotatable bonds is 4. The molecule has 27 heavy (non-hydrogen) atoms. The number of anilines is 1. The molecule has 1 aliphatic rings. The highest BCUT2D eigenvalue weighted by molar-refractivity contribution is 6.31. The number of carbonyl (C=O) groups is 3. The van der Waals surface area contributed by atoms with Crippen molar-refractivity contribution in [1.82, 2.24) is 10.2 Å². The molecule has 1 unspecified atom stereocenters. The van der Waals surface area contributed by atoms with E-state index in [1.165, 1.54) is 0 Å². The zero-order chi connectivity index (χ0) is 19.8. The molecule has 1 fully saturated rings. The highest BCUT2D eigenvalue weighted by Crippen LogP contribution is 2.30. The minimum atomic E-state index is -1.20. The fourth-order valence-corrected chi connectivity index (χ4v) is 3.35. The summed E-state index contributed by atoms with van der Waals surface area (Å²) in [5, 5.41) is 5.89. The van der Waals surface area contributed by atoms with Crippen LogP contribution in [0.15, 0.2) is 42.5 Å². The van der Waals surface area contributed by atoms with Gasteiger partial charge in [-0.15, -0.1) is 0 Å². The van der Waals surface area contributed by atoms with Crippen LogP contribution in [-0.4, -0.2) is 29.3 Å². The summed E-state index contributed by atoms with van der Waals surface area (Å²) < 4.78 is 0. The summed E-state index contributed by atoms with van der Waals surface area (Å²) in [6, 6.07) is 11.9. The summed E-state index contributed by atoms with van der Waals surface area (Å²) in [6.45, 7) is 4.99. The van der Waals surface area contributed by atoms with Crippen molar-refractivity contribution in [3.05, 3.63) is 64.2 Å². The van der Waals surface area contributed by atoms with Gasteiger partial charge in [-0.3, -0.25) is 14.5 Å². The third kappa shape index (κ3) is 3.53. The Morgan fingerprint density at radius 3 is 2.52 bits per heavy atom. The lowest BCUT2D eigenvalue weighted by atomic mass is 9.88. The smallest absolute Gasteiger partial charge is 0.324 e. The molecule has 4 amide bonds. The summed E-state index contributed by atoms with van der Waals surface area (Å²) in [4.78, 5) is 38.6. The molecule has 7 heteroatoms. The van der Waals surface area contributed by atoms with E-state index in [4.69, 9.17) is 11.6 Å². The second-order valence-electron chi connectivity index (χ2n) is 6.77. The van der Waals surface area contributed by atoms with E-state index in [0.29, 0.717) is 16.3 Å². The van der Waals surface area contributed by atoms with Crippen LogP contribution in [-0.2, 0) is 15.1 Å². The molecule has 3 rings (SSSR count). The van der Waals surface area contributed by atoms with Gasteiger partial charge in [-0.2, -0.15) is 0 Å². The van der Waals surface area contributed by atoms with E-state index in [1.54, 1.807) is 31.2 Å². The Morgan fingerprint density at radius 1 is 1.15 bits per heavy atom. The van der Waals surface area contributed by atoms with Crippen LogP contribution in [0, 0.1) is 13.8 Å². The first kappa shape index (κ1) is 18.9. The Bertz CT molecular complexity index is 944. The summed E-state index contributed by atoms with van der Waals surface area (Å²) in [7, 11) is 0. The first-order valence-electron chi connectivity index (χ1n) is 8.48. The van der Waals surface area contributed by atoms with Crippen molar-refractivity contribution in [2.45, 2.75) is 26.3 Å². The number of hydrogen-bond acceptors (Lipinski definition) is 3. The van der Waals surface area contributed by atoms with Gasteiger partial charge in [0.05, 0.1) is 0 Å². The Labute approximate surface area is 162 Å². The lowest BCUT2D eigenvalue weighted by Gasteiger charge is -2.24. The minimum absolute atomic E-state index is 0.377. The Hall–Kier alpha value is -2.86. The molecule has 6 nitrogen and oxygen atoms in total. The molecule has 1 aliphatic heterocycles.